The van der Waals surface area contributed by atoms with Crippen LogP contribution in [0.2, 0.25) is 0 Å². The van der Waals surface area contributed by atoms with E-state index in [0.29, 0.717) is 25.8 Å². The summed E-state index contributed by atoms with van der Waals surface area (Å²) in [7, 11) is 0. The Bertz CT molecular complexity index is 1930. The molecule has 24 N–H and O–H groups in total. The van der Waals surface area contributed by atoms with Gasteiger partial charge in [0.1, 0.15) is 171 Å². The van der Waals surface area contributed by atoms with Gasteiger partial charge in [-0.3, -0.25) is 0 Å². The fourth-order valence-corrected chi connectivity index (χ4v) is 10.6. The van der Waals surface area contributed by atoms with Gasteiger partial charge in [0, 0.05) is 6.61 Å². The largest absolute Gasteiger partial charge is 0.394 e. The Labute approximate surface area is 477 Å². The molecule has 492 valence electrons. The molecule has 84 heavy (non-hydrogen) atoms. The highest BCUT2D eigenvalue weighted by molar-refractivity contribution is 5.00. The number of hydrogen-bond acceptors (Lipinski definition) is 37. The summed E-state index contributed by atoms with van der Waals surface area (Å²) < 4.78 is 80.8. The molecule has 7 rings (SSSR count). The summed E-state index contributed by atoms with van der Waals surface area (Å²) in [5.74, 6) is 0. The fourth-order valence-electron chi connectivity index (χ4n) is 10.6. The zero-order valence-corrected chi connectivity index (χ0v) is 44.8. The Morgan fingerprint density at radius 2 is 0.536 bits per heavy atom. The second-order valence-corrected chi connectivity index (χ2v) is 21.3. The van der Waals surface area contributed by atoms with Crippen LogP contribution in [0.1, 0.15) is 19.3 Å². The molecule has 7 saturated heterocycles. The summed E-state index contributed by atoms with van der Waals surface area (Å²) in [5, 5.41) is 237. The molecule has 37 nitrogen and oxygen atoms in total. The summed E-state index contributed by atoms with van der Waals surface area (Å²) in [6.45, 7) is -6.52. The highest BCUT2D eigenvalue weighted by atomic mass is 16.8. The first-order valence-electron chi connectivity index (χ1n) is 27.3. The number of nitrogens with two attached hydrogens (primary N) is 1. The van der Waals surface area contributed by atoms with E-state index in [1.807, 2.05) is 0 Å². The summed E-state index contributed by atoms with van der Waals surface area (Å²) >= 11 is 0. The van der Waals surface area contributed by atoms with Gasteiger partial charge in [-0.25, -0.2) is 0 Å². The number of unbranched alkanes of at least 4 members (excludes halogenated alkanes) is 2. The van der Waals surface area contributed by atoms with Gasteiger partial charge in [0.25, 0.3) is 0 Å². The zero-order chi connectivity index (χ0) is 61.6. The second-order valence-electron chi connectivity index (χ2n) is 21.3. The van der Waals surface area contributed by atoms with Crippen molar-refractivity contribution in [1.29, 1.82) is 0 Å². The Morgan fingerprint density at radius 3 is 0.905 bits per heavy atom. The van der Waals surface area contributed by atoms with Gasteiger partial charge < -0.3 is 184 Å². The maximum absolute atomic E-state index is 12.0. The first-order chi connectivity index (χ1) is 40.0. The van der Waals surface area contributed by atoms with Gasteiger partial charge in [-0.15, -0.1) is 0 Å². The van der Waals surface area contributed by atoms with Gasteiger partial charge in [-0.1, -0.05) is 0 Å². The molecule has 0 aromatic carbocycles. The minimum Gasteiger partial charge on any atom is -0.394 e. The van der Waals surface area contributed by atoms with Crippen molar-refractivity contribution < 1.29 is 179 Å². The molecule has 7 aliphatic rings. The number of hydrogen-bond donors (Lipinski definition) is 23. The van der Waals surface area contributed by atoms with Gasteiger partial charge in [0.2, 0.25) is 0 Å². The Hall–Kier alpha value is -1.48. The lowest BCUT2D eigenvalue weighted by molar-refractivity contribution is -0.405. The van der Waals surface area contributed by atoms with E-state index < -0.39 is 261 Å². The third kappa shape index (κ3) is 15.3. The second kappa shape index (κ2) is 31.5. The van der Waals surface area contributed by atoms with E-state index in [1.54, 1.807) is 0 Å². The van der Waals surface area contributed by atoms with Crippen LogP contribution in [0, 0.1) is 0 Å². The molecule has 7 fully saturated rings. The molecular weight excluding hydrogens is 1150 g/mol. The third-order valence-electron chi connectivity index (χ3n) is 15.6. The van der Waals surface area contributed by atoms with Gasteiger partial charge in [0.15, 0.2) is 44.0 Å². The third-order valence-corrected chi connectivity index (χ3v) is 15.6. The standard InChI is InChI=1S/C47H83NO36/c48-4-2-1-3-5-71-41-34(69)37(81-46-40(31(66)24(59)16(9-52)77-46)84-47-39(30(65)23(58)17(10-53)78-47)83-44-33(68)28(63)21(56)14(7-50)75-44)26(61)19(79-41)12-72-42-35(70)36(25(60)18(11-54)73-42)80-45-38(29(64)22(57)15(8-51)76-45)82-43-32(67)27(62)20(55)13(6-49)74-43/h13-47,49-70H,1-12,48H2/t13-,14-,15-,16-,17-,18-,19-,20-,21-,22-,23-,24-,25-,26-,27+,28+,29+,30+,31+,32+,33+,34+,35+,36+,37+,38+,39+,40+,41-,42+,43-,44-,45-,46-,47-/m1/s1. The first-order valence-corrected chi connectivity index (χ1v) is 27.3. The van der Waals surface area contributed by atoms with Gasteiger partial charge in [-0.2, -0.15) is 0 Å². The van der Waals surface area contributed by atoms with E-state index in [-0.39, 0.29) is 6.61 Å². The number of rotatable bonds is 25. The van der Waals surface area contributed by atoms with Crippen molar-refractivity contribution in [2.24, 2.45) is 5.73 Å². The van der Waals surface area contributed by atoms with Gasteiger partial charge in [-0.05, 0) is 25.8 Å². The molecule has 0 spiro atoms. The molecule has 0 aromatic rings. The van der Waals surface area contributed by atoms with E-state index in [1.165, 1.54) is 0 Å². The molecule has 7 aliphatic heterocycles. The van der Waals surface area contributed by atoms with Crippen molar-refractivity contribution in [3.63, 3.8) is 0 Å². The lowest BCUT2D eigenvalue weighted by atomic mass is 9.95. The lowest BCUT2D eigenvalue weighted by Crippen LogP contribution is -2.68. The Morgan fingerprint density at radius 1 is 0.250 bits per heavy atom. The molecule has 0 amide bonds. The fraction of sp³-hybridized carbons (Fsp3) is 1.00. The average Bonchev–Trinajstić information content (AvgIpc) is 3.46. The van der Waals surface area contributed by atoms with Crippen LogP contribution in [-0.4, -0.2) is 387 Å². The lowest BCUT2D eigenvalue weighted by Gasteiger charge is -2.50. The molecule has 0 bridgehead atoms. The van der Waals surface area contributed by atoms with Gasteiger partial charge >= 0.3 is 0 Å². The van der Waals surface area contributed by atoms with Crippen molar-refractivity contribution in [3.8, 4) is 0 Å². The van der Waals surface area contributed by atoms with Gasteiger partial charge in [0.05, 0.1) is 46.2 Å². The monoisotopic (exact) mass is 1240 g/mol. The van der Waals surface area contributed by atoms with Crippen LogP contribution in [0.5, 0.6) is 0 Å². The highest BCUT2D eigenvalue weighted by Gasteiger charge is 2.58. The van der Waals surface area contributed by atoms with Crippen LogP contribution in [0.15, 0.2) is 0 Å². The van der Waals surface area contributed by atoms with Crippen molar-refractivity contribution in [1.82, 2.24) is 0 Å². The quantitative estimate of drug-likeness (QED) is 0.0377. The Balaban J connectivity index is 1.13. The predicted octanol–water partition coefficient (Wildman–Crippen LogP) is -15.1. The van der Waals surface area contributed by atoms with Crippen molar-refractivity contribution >= 4 is 0 Å². The maximum atomic E-state index is 12.0. The van der Waals surface area contributed by atoms with Crippen LogP contribution in [-0.2, 0) is 66.3 Å². The average molecular weight is 1240 g/mol. The molecule has 0 aliphatic carbocycles. The summed E-state index contributed by atoms with van der Waals surface area (Å²) in [4.78, 5) is 0. The molecule has 7 heterocycles. The number of aliphatic hydroxyl groups is 22. The molecule has 0 saturated carbocycles. The van der Waals surface area contributed by atoms with E-state index in [2.05, 4.69) is 0 Å². The summed E-state index contributed by atoms with van der Waals surface area (Å²) in [6.07, 6.45) is -67.2. The van der Waals surface area contributed by atoms with Crippen LogP contribution >= 0.6 is 0 Å². The molecule has 37 heteroatoms. The zero-order valence-electron chi connectivity index (χ0n) is 44.8. The van der Waals surface area contributed by atoms with Crippen LogP contribution < -0.4 is 5.73 Å². The van der Waals surface area contributed by atoms with E-state index in [9.17, 15) is 112 Å². The minimum atomic E-state index is -2.21. The van der Waals surface area contributed by atoms with Crippen LogP contribution in [0.25, 0.3) is 0 Å². The molecule has 0 radical (unpaired) electrons. The van der Waals surface area contributed by atoms with Crippen molar-refractivity contribution in [2.45, 2.75) is 234 Å². The van der Waals surface area contributed by atoms with Crippen molar-refractivity contribution in [2.75, 3.05) is 59.4 Å². The van der Waals surface area contributed by atoms with Crippen molar-refractivity contribution in [3.05, 3.63) is 0 Å². The number of aliphatic hydroxyl groups excluding tert-OH is 22. The Kier molecular flexibility index (Phi) is 26.2. The summed E-state index contributed by atoms with van der Waals surface area (Å²) in [5.41, 5.74) is 5.63. The van der Waals surface area contributed by atoms with Crippen LogP contribution in [0.4, 0.5) is 0 Å². The van der Waals surface area contributed by atoms with E-state index in [4.69, 9.17) is 72.0 Å². The molecule has 0 unspecified atom stereocenters. The molecule has 35 atom stereocenters. The normalized spacial score (nSPS) is 50.5. The highest BCUT2D eigenvalue weighted by Crippen LogP contribution is 2.38. The molecular formula is C47H83NO36. The topological polar surface area (TPSA) is 600 Å². The molecule has 0 aromatic heterocycles. The predicted molar refractivity (Wildman–Crippen MR) is 258 cm³/mol. The van der Waals surface area contributed by atoms with E-state index >= 15 is 0 Å². The van der Waals surface area contributed by atoms with E-state index in [0.717, 1.165) is 0 Å². The smallest absolute Gasteiger partial charge is 0.187 e. The maximum Gasteiger partial charge on any atom is 0.187 e. The minimum absolute atomic E-state index is 0.122. The van der Waals surface area contributed by atoms with Crippen LogP contribution in [0.3, 0.4) is 0 Å². The summed E-state index contributed by atoms with van der Waals surface area (Å²) in [6, 6.07) is 0. The number of ether oxygens (including phenoxy) is 14. The SMILES string of the molecule is NCCCCCO[C@@H]1O[C@H](CO[C@H]2O[C@H](CO)[C@@H](O)[C@H](O[C@H]3O[C@H](CO)[C@@H](O)[C@H](O)[C@@H]3O[C@H]3O[C@H](CO)[C@@H](O)[C@H](O)[C@@H]3O)[C@@H]2O)[C@@H](O)[C@H](O[C@H]2O[C@H](CO)[C@@H](O)[C@H](O)[C@@H]2O[C@H]2O[C@H](CO)[C@@H](O)[C@H](O)[C@@H]2O[C@H]2O[C@H](CO)[C@@H](O)[C@H](O)[C@@H]2O)[C@@H]1O. The first kappa shape index (κ1) is 70.0.